The van der Waals surface area contributed by atoms with Crippen molar-refractivity contribution in [1.29, 1.82) is 0 Å². The van der Waals surface area contributed by atoms with E-state index in [1.165, 1.54) is 0 Å². The first kappa shape index (κ1) is 16.2. The highest BCUT2D eigenvalue weighted by molar-refractivity contribution is 5.80. The van der Waals surface area contributed by atoms with E-state index in [1.54, 1.807) is 0 Å². The topological polar surface area (TPSA) is 66.6 Å². The van der Waals surface area contributed by atoms with Crippen LogP contribution in [-0.4, -0.2) is 47.8 Å². The average molecular weight is 282 g/mol. The fourth-order valence-electron chi connectivity index (χ4n) is 2.70. The maximum Gasteiger partial charge on any atom is 0.406 e. The Morgan fingerprint density at radius 3 is 2.53 bits per heavy atom. The van der Waals surface area contributed by atoms with Crippen molar-refractivity contribution in [3.63, 3.8) is 0 Å². The van der Waals surface area contributed by atoms with Crippen molar-refractivity contribution in [2.24, 2.45) is 17.6 Å². The predicted octanol–water partition coefficient (Wildman–Crippen LogP) is 1.13. The number of hydrogen-bond donors (Lipinski definition) is 2. The van der Waals surface area contributed by atoms with Crippen LogP contribution in [0.5, 0.6) is 0 Å². The Balaban J connectivity index is 2.79. The predicted molar refractivity (Wildman–Crippen MR) is 64.2 cm³/mol. The van der Waals surface area contributed by atoms with E-state index in [2.05, 4.69) is 0 Å². The molecule has 19 heavy (non-hydrogen) atoms. The first-order valence-electron chi connectivity index (χ1n) is 6.48. The Morgan fingerprint density at radius 1 is 1.42 bits per heavy atom. The Bertz CT molecular complexity index is 300. The number of alkyl halides is 3. The SMILES string of the molecule is CC1CCCC(N)C1C(=O)N(CCO)CC(F)(F)F. The summed E-state index contributed by atoms with van der Waals surface area (Å²) in [6, 6.07) is -0.398. The van der Waals surface area contributed by atoms with Crippen molar-refractivity contribution in [3.8, 4) is 0 Å². The minimum Gasteiger partial charge on any atom is -0.395 e. The van der Waals surface area contributed by atoms with E-state index < -0.39 is 37.2 Å². The Kier molecular flexibility index (Phi) is 5.61. The van der Waals surface area contributed by atoms with Gasteiger partial charge in [-0.05, 0) is 18.8 Å². The first-order chi connectivity index (χ1) is 8.76. The molecular formula is C12H21F3N2O2. The van der Waals surface area contributed by atoms with Crippen LogP contribution in [0, 0.1) is 11.8 Å². The summed E-state index contributed by atoms with van der Waals surface area (Å²) in [7, 11) is 0. The summed E-state index contributed by atoms with van der Waals surface area (Å²) in [6.45, 7) is -0.291. The van der Waals surface area contributed by atoms with E-state index in [4.69, 9.17) is 10.8 Å². The number of carbonyl (C=O) groups is 1. The third-order valence-corrected chi connectivity index (χ3v) is 3.61. The molecule has 0 aromatic heterocycles. The number of hydrogen-bond acceptors (Lipinski definition) is 3. The van der Waals surface area contributed by atoms with Crippen LogP contribution < -0.4 is 5.73 Å². The summed E-state index contributed by atoms with van der Waals surface area (Å²) in [6.07, 6.45) is -2.12. The lowest BCUT2D eigenvalue weighted by atomic mass is 9.76. The number of rotatable bonds is 4. The molecule has 0 heterocycles. The molecule has 0 radical (unpaired) electrons. The quantitative estimate of drug-likeness (QED) is 0.812. The van der Waals surface area contributed by atoms with Gasteiger partial charge in [-0.2, -0.15) is 13.2 Å². The molecule has 0 aromatic carbocycles. The highest BCUT2D eigenvalue weighted by atomic mass is 19.4. The molecule has 1 saturated carbocycles. The largest absolute Gasteiger partial charge is 0.406 e. The lowest BCUT2D eigenvalue weighted by molar-refractivity contribution is -0.166. The van der Waals surface area contributed by atoms with E-state index >= 15 is 0 Å². The van der Waals surface area contributed by atoms with E-state index in [0.717, 1.165) is 12.8 Å². The normalized spacial score (nSPS) is 28.2. The van der Waals surface area contributed by atoms with Gasteiger partial charge in [0.25, 0.3) is 0 Å². The molecule has 112 valence electrons. The maximum atomic E-state index is 12.4. The molecule has 0 spiro atoms. The number of nitrogens with zero attached hydrogens (tertiary/aromatic N) is 1. The molecule has 0 saturated heterocycles. The average Bonchev–Trinajstić information content (AvgIpc) is 2.26. The van der Waals surface area contributed by atoms with E-state index in [9.17, 15) is 18.0 Å². The van der Waals surface area contributed by atoms with Gasteiger partial charge in [-0.1, -0.05) is 13.3 Å². The summed E-state index contributed by atoms with van der Waals surface area (Å²) in [4.78, 5) is 12.9. The molecule has 1 fully saturated rings. The molecular weight excluding hydrogens is 261 g/mol. The number of aliphatic hydroxyl groups excluding tert-OH is 1. The van der Waals surface area contributed by atoms with Crippen LogP contribution in [0.3, 0.4) is 0 Å². The monoisotopic (exact) mass is 282 g/mol. The summed E-state index contributed by atoms with van der Waals surface area (Å²) in [5, 5.41) is 8.82. The second-order valence-corrected chi connectivity index (χ2v) is 5.20. The Labute approximate surface area is 110 Å². The second kappa shape index (κ2) is 6.56. The fraction of sp³-hybridized carbons (Fsp3) is 0.917. The molecule has 4 nitrogen and oxygen atoms in total. The van der Waals surface area contributed by atoms with Gasteiger partial charge in [-0.15, -0.1) is 0 Å². The van der Waals surface area contributed by atoms with Crippen LogP contribution in [0.2, 0.25) is 0 Å². The van der Waals surface area contributed by atoms with Crippen molar-refractivity contribution in [1.82, 2.24) is 4.90 Å². The molecule has 1 amide bonds. The van der Waals surface area contributed by atoms with Crippen molar-refractivity contribution in [2.45, 2.75) is 38.4 Å². The van der Waals surface area contributed by atoms with Crippen molar-refractivity contribution in [3.05, 3.63) is 0 Å². The van der Waals surface area contributed by atoms with Crippen LogP contribution in [0.25, 0.3) is 0 Å². The van der Waals surface area contributed by atoms with Crippen molar-refractivity contribution in [2.75, 3.05) is 19.7 Å². The molecule has 3 N–H and O–H groups in total. The van der Waals surface area contributed by atoms with Crippen LogP contribution in [0.1, 0.15) is 26.2 Å². The van der Waals surface area contributed by atoms with Gasteiger partial charge in [0, 0.05) is 12.6 Å². The zero-order chi connectivity index (χ0) is 14.6. The summed E-state index contributed by atoms with van der Waals surface area (Å²) >= 11 is 0. The number of halogens is 3. The van der Waals surface area contributed by atoms with Gasteiger partial charge in [0.1, 0.15) is 6.54 Å². The molecule has 3 atom stereocenters. The van der Waals surface area contributed by atoms with Crippen LogP contribution in [0.4, 0.5) is 13.2 Å². The minimum absolute atomic E-state index is 0.0225. The van der Waals surface area contributed by atoms with Gasteiger partial charge in [0.05, 0.1) is 12.5 Å². The first-order valence-corrected chi connectivity index (χ1v) is 6.48. The van der Waals surface area contributed by atoms with Gasteiger partial charge in [-0.25, -0.2) is 0 Å². The van der Waals surface area contributed by atoms with Gasteiger partial charge >= 0.3 is 6.18 Å². The van der Waals surface area contributed by atoms with Crippen molar-refractivity contribution < 1.29 is 23.1 Å². The zero-order valence-electron chi connectivity index (χ0n) is 11.0. The number of nitrogens with two attached hydrogens (primary N) is 1. The second-order valence-electron chi connectivity index (χ2n) is 5.20. The minimum atomic E-state index is -4.47. The Morgan fingerprint density at radius 2 is 2.05 bits per heavy atom. The fourth-order valence-corrected chi connectivity index (χ4v) is 2.70. The highest BCUT2D eigenvalue weighted by Gasteiger charge is 2.40. The molecule has 7 heteroatoms. The summed E-state index contributed by atoms with van der Waals surface area (Å²) in [5.74, 6) is -1.19. The molecule has 0 aromatic rings. The highest BCUT2D eigenvalue weighted by Crippen LogP contribution is 2.31. The van der Waals surface area contributed by atoms with E-state index in [1.807, 2.05) is 6.92 Å². The summed E-state index contributed by atoms with van der Waals surface area (Å²) < 4.78 is 37.3. The van der Waals surface area contributed by atoms with E-state index in [-0.39, 0.29) is 12.5 Å². The van der Waals surface area contributed by atoms with Crippen LogP contribution in [-0.2, 0) is 4.79 Å². The molecule has 1 aliphatic carbocycles. The van der Waals surface area contributed by atoms with Gasteiger partial charge in [0.15, 0.2) is 0 Å². The van der Waals surface area contributed by atoms with Gasteiger partial charge < -0.3 is 15.7 Å². The number of amides is 1. The van der Waals surface area contributed by atoms with E-state index in [0.29, 0.717) is 11.3 Å². The zero-order valence-corrected chi connectivity index (χ0v) is 11.0. The third kappa shape index (κ3) is 4.65. The van der Waals surface area contributed by atoms with Gasteiger partial charge in [0.2, 0.25) is 5.91 Å². The molecule has 0 bridgehead atoms. The van der Waals surface area contributed by atoms with Crippen LogP contribution in [0.15, 0.2) is 0 Å². The third-order valence-electron chi connectivity index (χ3n) is 3.61. The maximum absolute atomic E-state index is 12.4. The molecule has 1 aliphatic rings. The standard InChI is InChI=1S/C12H21F3N2O2/c1-8-3-2-4-9(16)10(8)11(19)17(5-6-18)7-12(13,14)15/h8-10,18H,2-7,16H2,1H3. The van der Waals surface area contributed by atoms with Crippen LogP contribution >= 0.6 is 0 Å². The van der Waals surface area contributed by atoms with Crippen molar-refractivity contribution >= 4 is 5.91 Å². The lowest BCUT2D eigenvalue weighted by Gasteiger charge is -2.37. The smallest absolute Gasteiger partial charge is 0.395 e. The molecule has 3 unspecified atom stereocenters. The number of aliphatic hydroxyl groups is 1. The molecule has 1 rings (SSSR count). The Hall–Kier alpha value is -0.820. The lowest BCUT2D eigenvalue weighted by Crippen LogP contribution is -2.51. The number of carbonyl (C=O) groups excluding carboxylic acids is 1. The summed E-state index contributed by atoms with van der Waals surface area (Å²) in [5.41, 5.74) is 5.88. The van der Waals surface area contributed by atoms with Gasteiger partial charge in [-0.3, -0.25) is 4.79 Å². The molecule has 0 aliphatic heterocycles.